The Labute approximate surface area is 216 Å². The van der Waals surface area contributed by atoms with Crippen molar-refractivity contribution >= 4 is 25.8 Å². The Morgan fingerprint density at radius 2 is 1.71 bits per heavy atom. The second kappa shape index (κ2) is 23.5. The van der Waals surface area contributed by atoms with Gasteiger partial charge in [-0.05, 0) is 57.2 Å². The molecule has 0 aromatic carbocycles. The summed E-state index contributed by atoms with van der Waals surface area (Å²) in [7, 11) is -1.04. The first-order chi connectivity index (χ1) is 16.7. The average molecular weight is 518 g/mol. The summed E-state index contributed by atoms with van der Waals surface area (Å²) in [6.45, 7) is 4.20. The van der Waals surface area contributed by atoms with Crippen LogP contribution in [0.15, 0.2) is 0 Å². The lowest BCUT2D eigenvalue weighted by molar-refractivity contribution is -0.111. The van der Waals surface area contributed by atoms with E-state index in [9.17, 15) is 4.79 Å². The largest absolute Gasteiger partial charge is 0.396 e. The quantitative estimate of drug-likeness (QED) is 0.106. The molecule has 0 saturated carbocycles. The number of unbranched alkanes of at least 4 members (excludes halogenated alkanes) is 7. The second-order valence-corrected chi connectivity index (χ2v) is 14.3. The first-order valence-corrected chi connectivity index (χ1v) is 17.6. The Balaban J connectivity index is 2.51. The number of carbonyl (C=O) groups is 1. The molecule has 202 valence electrons. The molecule has 0 spiro atoms. The zero-order valence-corrected chi connectivity index (χ0v) is 24.2. The predicted molar refractivity (Wildman–Crippen MR) is 149 cm³/mol. The minimum absolute atomic E-state index is 0.187. The van der Waals surface area contributed by atoms with E-state index in [-0.39, 0.29) is 6.79 Å². The van der Waals surface area contributed by atoms with Gasteiger partial charge in [-0.15, -0.1) is 0 Å². The fourth-order valence-corrected chi connectivity index (χ4v) is 10.2. The summed E-state index contributed by atoms with van der Waals surface area (Å²) in [4.78, 5) is 12.3. The first kappa shape index (κ1) is 32.1. The zero-order valence-electron chi connectivity index (χ0n) is 22.2. The predicted octanol–water partition coefficient (Wildman–Crippen LogP) is 6.26. The number of rotatable bonds is 21. The van der Waals surface area contributed by atoms with Crippen molar-refractivity contribution in [3.63, 3.8) is 0 Å². The Morgan fingerprint density at radius 3 is 2.50 bits per heavy atom. The monoisotopic (exact) mass is 517 g/mol. The van der Waals surface area contributed by atoms with Crippen molar-refractivity contribution in [2.24, 2.45) is 0 Å². The van der Waals surface area contributed by atoms with Gasteiger partial charge in [-0.2, -0.15) is 0 Å². The van der Waals surface area contributed by atoms with E-state index >= 15 is 0 Å². The Bertz CT molecular complexity index is 472. The molecule has 2 atom stereocenters. The minimum Gasteiger partial charge on any atom is -0.396 e. The molecule has 2 unspecified atom stereocenters. The van der Waals surface area contributed by atoms with E-state index in [0.717, 1.165) is 37.9 Å². The van der Waals surface area contributed by atoms with Crippen molar-refractivity contribution in [1.29, 1.82) is 0 Å². The number of thioether (sulfide) groups is 1. The number of aliphatic hydroxyl groups excluding tert-OH is 2. The third-order valence-corrected chi connectivity index (χ3v) is 12.0. The molecule has 7 heteroatoms. The molecule has 1 heterocycles. The molecular weight excluding hydrogens is 462 g/mol. The maximum Gasteiger partial charge on any atom is 0.188 e. The highest BCUT2D eigenvalue weighted by Crippen LogP contribution is 2.26. The van der Waals surface area contributed by atoms with E-state index in [1.165, 1.54) is 95.7 Å². The van der Waals surface area contributed by atoms with Gasteiger partial charge in [-0.1, -0.05) is 82.9 Å². The third kappa shape index (κ3) is 16.7. The van der Waals surface area contributed by atoms with E-state index in [2.05, 4.69) is 11.5 Å². The molecular formula is C27H55NO4SSi. The van der Waals surface area contributed by atoms with Crippen LogP contribution in [-0.4, -0.2) is 67.2 Å². The highest BCUT2D eigenvalue weighted by atomic mass is 32.2. The number of aliphatic hydroxyl groups is 2. The van der Waals surface area contributed by atoms with Crippen LogP contribution in [0.1, 0.15) is 116 Å². The van der Waals surface area contributed by atoms with Crippen LogP contribution in [0.25, 0.3) is 0 Å². The van der Waals surface area contributed by atoms with Crippen molar-refractivity contribution in [2.45, 2.75) is 134 Å². The standard InChI is InChI=1S/C27H55NO4SSi/c1-2-3-4-5-11-17-27(31)33-22-15-24-34-23-14-9-7-12-19-28(34)26(18-21-32-25-30)16-10-6-8-13-20-29/h26,29-30,34H,2-25H2,1H3. The molecule has 34 heavy (non-hydrogen) atoms. The molecule has 0 aromatic heterocycles. The molecule has 0 aliphatic carbocycles. The van der Waals surface area contributed by atoms with Gasteiger partial charge < -0.3 is 19.5 Å². The van der Waals surface area contributed by atoms with Gasteiger partial charge in [0, 0.05) is 24.8 Å². The van der Waals surface area contributed by atoms with Gasteiger partial charge in [-0.3, -0.25) is 4.79 Å². The van der Waals surface area contributed by atoms with Crippen molar-refractivity contribution in [1.82, 2.24) is 4.57 Å². The molecule has 5 nitrogen and oxygen atoms in total. The van der Waals surface area contributed by atoms with Crippen LogP contribution in [0.2, 0.25) is 12.1 Å². The lowest BCUT2D eigenvalue weighted by Crippen LogP contribution is -2.48. The number of nitrogens with zero attached hydrogens (tertiary/aromatic N) is 1. The maximum atomic E-state index is 12.3. The van der Waals surface area contributed by atoms with Gasteiger partial charge in [0.25, 0.3) is 0 Å². The van der Waals surface area contributed by atoms with E-state index in [1.807, 2.05) is 0 Å². The highest BCUT2D eigenvalue weighted by Gasteiger charge is 2.27. The Kier molecular flexibility index (Phi) is 22.2. The van der Waals surface area contributed by atoms with Crippen LogP contribution in [0.4, 0.5) is 0 Å². The number of carbonyl (C=O) groups excluding carboxylic acids is 1. The van der Waals surface area contributed by atoms with Gasteiger partial charge in [0.15, 0.2) is 5.12 Å². The fourth-order valence-electron chi connectivity index (χ4n) is 5.22. The minimum atomic E-state index is -1.04. The normalized spacial score (nSPS) is 18.5. The van der Waals surface area contributed by atoms with Crippen molar-refractivity contribution in [2.75, 3.05) is 32.3 Å². The number of ether oxygens (including phenoxy) is 1. The number of hydrogen-bond donors (Lipinski definition) is 2. The summed E-state index contributed by atoms with van der Waals surface area (Å²) < 4.78 is 8.25. The van der Waals surface area contributed by atoms with Gasteiger partial charge in [-0.25, -0.2) is 0 Å². The molecule has 0 radical (unpaired) electrons. The van der Waals surface area contributed by atoms with Gasteiger partial charge in [0.1, 0.15) is 15.8 Å². The lowest BCUT2D eigenvalue weighted by atomic mass is 10.0. The van der Waals surface area contributed by atoms with E-state index in [4.69, 9.17) is 14.9 Å². The van der Waals surface area contributed by atoms with Crippen molar-refractivity contribution in [3.05, 3.63) is 0 Å². The van der Waals surface area contributed by atoms with Gasteiger partial charge in [0.05, 0.1) is 6.61 Å². The number of hydrogen-bond acceptors (Lipinski definition) is 6. The molecule has 1 fully saturated rings. The maximum absolute atomic E-state index is 12.3. The van der Waals surface area contributed by atoms with E-state index in [0.29, 0.717) is 24.4 Å². The summed E-state index contributed by atoms with van der Waals surface area (Å²) in [5, 5.41) is 18.6. The second-order valence-electron chi connectivity index (χ2n) is 10.0. The molecule has 1 aliphatic rings. The SMILES string of the molecule is CCCCCCCC(=O)SCCC[SiH]1CCCCCCN1C(CCCCCCO)CCOCO. The van der Waals surface area contributed by atoms with Crippen LogP contribution in [0, 0.1) is 0 Å². The average Bonchev–Trinajstić information content (AvgIpc) is 2.82. The topological polar surface area (TPSA) is 70.0 Å². The molecule has 0 amide bonds. The molecule has 1 saturated heterocycles. The summed E-state index contributed by atoms with van der Waals surface area (Å²) in [5.74, 6) is 0.991. The van der Waals surface area contributed by atoms with Crippen LogP contribution in [0.3, 0.4) is 0 Å². The van der Waals surface area contributed by atoms with Crippen molar-refractivity contribution < 1.29 is 19.7 Å². The van der Waals surface area contributed by atoms with Crippen LogP contribution >= 0.6 is 11.8 Å². The summed E-state index contributed by atoms with van der Waals surface area (Å²) in [5.41, 5.74) is 0. The summed E-state index contributed by atoms with van der Waals surface area (Å²) >= 11 is 1.58. The smallest absolute Gasteiger partial charge is 0.188 e. The lowest BCUT2D eigenvalue weighted by Gasteiger charge is -2.39. The van der Waals surface area contributed by atoms with Crippen LogP contribution < -0.4 is 0 Å². The molecule has 1 rings (SSSR count). The van der Waals surface area contributed by atoms with Gasteiger partial charge >= 0.3 is 0 Å². The first-order valence-electron chi connectivity index (χ1n) is 14.4. The van der Waals surface area contributed by atoms with Crippen molar-refractivity contribution in [3.8, 4) is 0 Å². The van der Waals surface area contributed by atoms with Gasteiger partial charge in [0.2, 0.25) is 0 Å². The van der Waals surface area contributed by atoms with E-state index in [1.54, 1.807) is 11.8 Å². The highest BCUT2D eigenvalue weighted by molar-refractivity contribution is 8.13. The van der Waals surface area contributed by atoms with Crippen LogP contribution in [-0.2, 0) is 9.53 Å². The zero-order chi connectivity index (χ0) is 24.7. The summed E-state index contributed by atoms with van der Waals surface area (Å²) in [6.07, 6.45) is 20.0. The summed E-state index contributed by atoms with van der Waals surface area (Å²) in [6, 6.07) is 3.28. The van der Waals surface area contributed by atoms with E-state index < -0.39 is 8.96 Å². The molecule has 0 bridgehead atoms. The van der Waals surface area contributed by atoms with Crippen LogP contribution in [0.5, 0.6) is 0 Å². The molecule has 0 aromatic rings. The Hall–Kier alpha value is 0.0769. The third-order valence-electron chi connectivity index (χ3n) is 7.20. The molecule has 2 N–H and O–H groups in total. The Morgan fingerprint density at radius 1 is 0.941 bits per heavy atom. The molecule has 1 aliphatic heterocycles. The fraction of sp³-hybridized carbons (Fsp3) is 0.963.